The van der Waals surface area contributed by atoms with E-state index in [9.17, 15) is 4.79 Å². The molecule has 1 atom stereocenters. The molecule has 1 unspecified atom stereocenters. The molecule has 1 aliphatic rings. The summed E-state index contributed by atoms with van der Waals surface area (Å²) in [7, 11) is 1.87. The van der Waals surface area contributed by atoms with Crippen molar-refractivity contribution in [2.45, 2.75) is 25.9 Å². The number of carbonyl (C=O) groups excluding carboxylic acids is 1. The van der Waals surface area contributed by atoms with Crippen LogP contribution in [-0.4, -0.2) is 68.3 Å². The number of aryl methyl sites for hydroxylation is 1. The summed E-state index contributed by atoms with van der Waals surface area (Å²) in [5, 5.41) is 18.6. The van der Waals surface area contributed by atoms with Crippen LogP contribution >= 0.6 is 0 Å². The van der Waals surface area contributed by atoms with E-state index in [1.54, 1.807) is 21.8 Å². The van der Waals surface area contributed by atoms with Gasteiger partial charge >= 0.3 is 0 Å². The van der Waals surface area contributed by atoms with Crippen molar-refractivity contribution < 1.29 is 4.79 Å². The average molecular weight is 346 g/mol. The standard InChI is InChI=1S/C16H26N8O/c1-3-13(15-4-5-18-22(15)2)19-16(25)14-12-24(21-20-14)11-10-23-8-6-17-7-9-23/h4-5,12-13,17H,3,6-11H2,1-2H3,(H,19,25). The zero-order valence-corrected chi connectivity index (χ0v) is 14.9. The van der Waals surface area contributed by atoms with Gasteiger partial charge in [0.15, 0.2) is 5.69 Å². The van der Waals surface area contributed by atoms with Crippen molar-refractivity contribution in [1.82, 2.24) is 40.3 Å². The summed E-state index contributed by atoms with van der Waals surface area (Å²) in [4.78, 5) is 14.8. The van der Waals surface area contributed by atoms with Gasteiger partial charge in [0.05, 0.1) is 24.5 Å². The Balaban J connectivity index is 1.55. The molecule has 1 fully saturated rings. The van der Waals surface area contributed by atoms with Gasteiger partial charge in [0.1, 0.15) is 0 Å². The van der Waals surface area contributed by atoms with Crippen LogP contribution in [0.15, 0.2) is 18.5 Å². The van der Waals surface area contributed by atoms with Gasteiger partial charge in [-0.05, 0) is 12.5 Å². The molecule has 3 heterocycles. The molecule has 25 heavy (non-hydrogen) atoms. The third-order valence-electron chi connectivity index (χ3n) is 4.56. The Morgan fingerprint density at radius 2 is 2.16 bits per heavy atom. The van der Waals surface area contributed by atoms with Crippen LogP contribution in [0.4, 0.5) is 0 Å². The van der Waals surface area contributed by atoms with Crippen molar-refractivity contribution in [2.24, 2.45) is 7.05 Å². The highest BCUT2D eigenvalue weighted by atomic mass is 16.2. The lowest BCUT2D eigenvalue weighted by atomic mass is 10.1. The summed E-state index contributed by atoms with van der Waals surface area (Å²) in [6.07, 6.45) is 4.23. The topological polar surface area (TPSA) is 92.9 Å². The first kappa shape index (κ1) is 17.6. The van der Waals surface area contributed by atoms with Crippen LogP contribution in [0.2, 0.25) is 0 Å². The minimum absolute atomic E-state index is 0.0917. The lowest BCUT2D eigenvalue weighted by molar-refractivity contribution is 0.0929. The fraction of sp³-hybridized carbons (Fsp3) is 0.625. The Kier molecular flexibility index (Phi) is 5.77. The lowest BCUT2D eigenvalue weighted by Crippen LogP contribution is -2.44. The van der Waals surface area contributed by atoms with Gasteiger partial charge in [0.2, 0.25) is 0 Å². The first-order chi connectivity index (χ1) is 12.2. The summed E-state index contributed by atoms with van der Waals surface area (Å²) >= 11 is 0. The van der Waals surface area contributed by atoms with E-state index in [-0.39, 0.29) is 11.9 Å². The Morgan fingerprint density at radius 3 is 2.84 bits per heavy atom. The number of piperazine rings is 1. The highest BCUT2D eigenvalue weighted by molar-refractivity contribution is 5.92. The number of aromatic nitrogens is 5. The fourth-order valence-electron chi connectivity index (χ4n) is 3.03. The molecule has 2 N–H and O–H groups in total. The summed E-state index contributed by atoms with van der Waals surface area (Å²) < 4.78 is 3.51. The number of amides is 1. The van der Waals surface area contributed by atoms with Gasteiger partial charge in [-0.25, -0.2) is 0 Å². The van der Waals surface area contributed by atoms with Crippen LogP contribution < -0.4 is 10.6 Å². The second kappa shape index (κ2) is 8.21. The normalized spacial score (nSPS) is 16.7. The number of hydrogen-bond donors (Lipinski definition) is 2. The number of carbonyl (C=O) groups is 1. The van der Waals surface area contributed by atoms with Crippen LogP contribution in [0.5, 0.6) is 0 Å². The van der Waals surface area contributed by atoms with E-state index < -0.39 is 0 Å². The largest absolute Gasteiger partial charge is 0.342 e. The summed E-state index contributed by atoms with van der Waals surface area (Å²) in [5.41, 5.74) is 1.32. The molecule has 9 heteroatoms. The Labute approximate surface area is 147 Å². The highest BCUT2D eigenvalue weighted by Gasteiger charge is 2.19. The molecule has 0 aromatic carbocycles. The Hall–Kier alpha value is -2.26. The molecular formula is C16H26N8O. The predicted molar refractivity (Wildman–Crippen MR) is 93.0 cm³/mol. The van der Waals surface area contributed by atoms with Crippen LogP contribution in [0.3, 0.4) is 0 Å². The van der Waals surface area contributed by atoms with Gasteiger partial charge in [-0.3, -0.25) is 19.1 Å². The molecule has 9 nitrogen and oxygen atoms in total. The highest BCUT2D eigenvalue weighted by Crippen LogP contribution is 2.15. The average Bonchev–Trinajstić information content (AvgIpc) is 3.28. The maximum absolute atomic E-state index is 12.5. The second-order valence-electron chi connectivity index (χ2n) is 6.27. The number of nitrogens with zero attached hydrogens (tertiary/aromatic N) is 6. The molecule has 1 saturated heterocycles. The van der Waals surface area contributed by atoms with Crippen LogP contribution in [0.25, 0.3) is 0 Å². The zero-order valence-electron chi connectivity index (χ0n) is 14.9. The fourth-order valence-corrected chi connectivity index (χ4v) is 3.03. The molecule has 0 spiro atoms. The molecular weight excluding hydrogens is 320 g/mol. The van der Waals surface area contributed by atoms with Gasteiger partial charge in [-0.2, -0.15) is 5.10 Å². The van der Waals surface area contributed by atoms with Crippen molar-refractivity contribution in [2.75, 3.05) is 32.7 Å². The van der Waals surface area contributed by atoms with Gasteiger partial charge in [0, 0.05) is 46.0 Å². The van der Waals surface area contributed by atoms with Gasteiger partial charge in [-0.15, -0.1) is 5.10 Å². The van der Waals surface area contributed by atoms with E-state index in [1.165, 1.54) is 0 Å². The molecule has 0 radical (unpaired) electrons. The predicted octanol–water partition coefficient (Wildman–Crippen LogP) is -0.202. The van der Waals surface area contributed by atoms with E-state index in [0.717, 1.165) is 51.4 Å². The van der Waals surface area contributed by atoms with Crippen molar-refractivity contribution in [3.8, 4) is 0 Å². The van der Waals surface area contributed by atoms with E-state index in [1.807, 2.05) is 20.0 Å². The second-order valence-corrected chi connectivity index (χ2v) is 6.27. The van der Waals surface area contributed by atoms with Crippen molar-refractivity contribution in [1.29, 1.82) is 0 Å². The first-order valence-electron chi connectivity index (χ1n) is 8.79. The molecule has 0 aliphatic carbocycles. The molecule has 2 aromatic heterocycles. The first-order valence-corrected chi connectivity index (χ1v) is 8.79. The van der Waals surface area contributed by atoms with Gasteiger partial charge in [0.25, 0.3) is 5.91 Å². The molecule has 1 aliphatic heterocycles. The quantitative estimate of drug-likeness (QED) is 0.721. The maximum atomic E-state index is 12.5. The molecule has 1 amide bonds. The number of hydrogen-bond acceptors (Lipinski definition) is 6. The van der Waals surface area contributed by atoms with Crippen molar-refractivity contribution in [3.63, 3.8) is 0 Å². The minimum atomic E-state index is -0.207. The molecule has 3 rings (SSSR count). The molecule has 136 valence electrons. The van der Waals surface area contributed by atoms with Crippen LogP contribution in [-0.2, 0) is 13.6 Å². The minimum Gasteiger partial charge on any atom is -0.342 e. The number of nitrogens with one attached hydrogen (secondary N) is 2. The maximum Gasteiger partial charge on any atom is 0.273 e. The van der Waals surface area contributed by atoms with Crippen molar-refractivity contribution in [3.05, 3.63) is 29.8 Å². The third kappa shape index (κ3) is 4.43. The summed E-state index contributed by atoms with van der Waals surface area (Å²) in [5.74, 6) is -0.207. The molecule has 2 aromatic rings. The van der Waals surface area contributed by atoms with E-state index >= 15 is 0 Å². The third-order valence-corrected chi connectivity index (χ3v) is 4.56. The Bertz CT molecular complexity index is 688. The van der Waals surface area contributed by atoms with E-state index in [4.69, 9.17) is 0 Å². The summed E-state index contributed by atoms with van der Waals surface area (Å²) in [6, 6.07) is 1.82. The molecule has 0 saturated carbocycles. The lowest BCUT2D eigenvalue weighted by Gasteiger charge is -2.26. The summed E-state index contributed by atoms with van der Waals surface area (Å²) in [6.45, 7) is 7.82. The van der Waals surface area contributed by atoms with Gasteiger partial charge in [-0.1, -0.05) is 12.1 Å². The van der Waals surface area contributed by atoms with Gasteiger partial charge < -0.3 is 10.6 Å². The van der Waals surface area contributed by atoms with E-state index in [2.05, 4.69) is 30.9 Å². The van der Waals surface area contributed by atoms with Crippen LogP contribution in [0.1, 0.15) is 35.6 Å². The zero-order chi connectivity index (χ0) is 17.6. The van der Waals surface area contributed by atoms with E-state index in [0.29, 0.717) is 5.69 Å². The van der Waals surface area contributed by atoms with Crippen LogP contribution in [0, 0.1) is 0 Å². The monoisotopic (exact) mass is 346 g/mol. The number of rotatable bonds is 7. The SMILES string of the molecule is CCC(NC(=O)c1cn(CCN2CCNCC2)nn1)c1ccnn1C. The molecule has 0 bridgehead atoms. The Morgan fingerprint density at radius 1 is 1.36 bits per heavy atom. The van der Waals surface area contributed by atoms with Crippen molar-refractivity contribution >= 4 is 5.91 Å². The smallest absolute Gasteiger partial charge is 0.273 e.